The van der Waals surface area contributed by atoms with E-state index in [0.29, 0.717) is 48.7 Å². The average Bonchev–Trinajstić information content (AvgIpc) is 3.18. The molecule has 1 heterocycles. The lowest BCUT2D eigenvalue weighted by atomic mass is 10.1. The van der Waals surface area contributed by atoms with Gasteiger partial charge >= 0.3 is 0 Å². The van der Waals surface area contributed by atoms with Gasteiger partial charge in [0.15, 0.2) is 16.7 Å². The molecule has 2 amide bonds. The van der Waals surface area contributed by atoms with E-state index in [4.69, 9.17) is 32.7 Å². The predicted octanol–water partition coefficient (Wildman–Crippen LogP) is 7.13. The Morgan fingerprint density at radius 3 is 2.58 bits per heavy atom. The van der Waals surface area contributed by atoms with Crippen LogP contribution in [0.2, 0.25) is 10.0 Å². The molecule has 36 heavy (non-hydrogen) atoms. The van der Waals surface area contributed by atoms with Crippen molar-refractivity contribution in [3.63, 3.8) is 0 Å². The van der Waals surface area contributed by atoms with Crippen LogP contribution in [0.5, 0.6) is 11.5 Å². The molecule has 0 spiro atoms. The molecule has 0 aromatic heterocycles. The van der Waals surface area contributed by atoms with Gasteiger partial charge in [0.2, 0.25) is 0 Å². The van der Waals surface area contributed by atoms with Crippen molar-refractivity contribution in [3.05, 3.63) is 96.8 Å². The summed E-state index contributed by atoms with van der Waals surface area (Å²) in [7, 11) is 0. The highest BCUT2D eigenvalue weighted by atomic mass is 79.9. The highest BCUT2D eigenvalue weighted by Gasteiger charge is 2.25. The van der Waals surface area contributed by atoms with Crippen LogP contribution in [0, 0.1) is 0 Å². The molecule has 1 aliphatic rings. The van der Waals surface area contributed by atoms with E-state index in [2.05, 4.69) is 26.2 Å². The molecular weight excluding hydrogens is 587 g/mol. The van der Waals surface area contributed by atoms with Gasteiger partial charge in [0, 0.05) is 21.2 Å². The van der Waals surface area contributed by atoms with Crippen LogP contribution in [-0.2, 0) is 11.4 Å². The van der Waals surface area contributed by atoms with Crippen molar-refractivity contribution in [2.75, 3.05) is 6.61 Å². The van der Waals surface area contributed by atoms with Crippen LogP contribution >= 0.6 is 50.9 Å². The molecule has 3 aromatic carbocycles. The lowest BCUT2D eigenvalue weighted by Crippen LogP contribution is -2.20. The standard InChI is InChI=1S/C26H19BrCl2N2O4S/c1-2-34-21-12-15(11-19(27)23(21)35-14-17-5-3-4-6-20(17)29)13-22-25(33)31-26(36-22)30-24(32)16-7-9-18(28)10-8-16/h3-13H,2,14H2,1H3,(H,30,31,32,33)/b22-13-. The zero-order valence-electron chi connectivity index (χ0n) is 18.9. The van der Waals surface area contributed by atoms with Crippen molar-refractivity contribution in [2.45, 2.75) is 13.5 Å². The monoisotopic (exact) mass is 604 g/mol. The van der Waals surface area contributed by atoms with Gasteiger partial charge in [-0.1, -0.05) is 41.4 Å². The fourth-order valence-corrected chi connectivity index (χ4v) is 4.93. The highest BCUT2D eigenvalue weighted by Crippen LogP contribution is 2.39. The number of nitrogens with one attached hydrogen (secondary N) is 1. The van der Waals surface area contributed by atoms with Gasteiger partial charge < -0.3 is 14.8 Å². The van der Waals surface area contributed by atoms with E-state index >= 15 is 0 Å². The summed E-state index contributed by atoms with van der Waals surface area (Å²) >= 11 is 16.7. The van der Waals surface area contributed by atoms with Crippen molar-refractivity contribution >= 4 is 74.0 Å². The second-order valence-corrected chi connectivity index (χ2v) is 10.2. The first-order chi connectivity index (χ1) is 17.3. The molecule has 6 nitrogen and oxygen atoms in total. The van der Waals surface area contributed by atoms with Crippen LogP contribution in [0.15, 0.2) is 75.0 Å². The number of carbonyl (C=O) groups excluding carboxylic acids is 2. The van der Waals surface area contributed by atoms with Crippen molar-refractivity contribution in [1.29, 1.82) is 0 Å². The number of ether oxygens (including phenoxy) is 2. The van der Waals surface area contributed by atoms with Gasteiger partial charge in [-0.3, -0.25) is 9.59 Å². The smallest absolute Gasteiger partial charge is 0.279 e. The number of rotatable bonds is 7. The minimum Gasteiger partial charge on any atom is -0.490 e. The number of hydrogen-bond acceptors (Lipinski definition) is 5. The molecule has 1 saturated heterocycles. The average molecular weight is 606 g/mol. The Hall–Kier alpha value is -2.78. The summed E-state index contributed by atoms with van der Waals surface area (Å²) in [6.45, 7) is 2.56. The third kappa shape index (κ3) is 6.50. The maximum atomic E-state index is 12.5. The molecule has 10 heteroatoms. The summed E-state index contributed by atoms with van der Waals surface area (Å²) in [4.78, 5) is 29.3. The third-order valence-electron chi connectivity index (χ3n) is 4.90. The Morgan fingerprint density at radius 2 is 1.86 bits per heavy atom. The molecule has 184 valence electrons. The third-order valence-corrected chi connectivity index (χ3v) is 7.02. The Bertz CT molecular complexity index is 1380. The van der Waals surface area contributed by atoms with Gasteiger partial charge in [0.1, 0.15) is 6.61 Å². The van der Waals surface area contributed by atoms with Gasteiger partial charge in [-0.15, -0.1) is 0 Å². The Balaban J connectivity index is 1.54. The molecule has 0 atom stereocenters. The number of amides is 2. The number of nitrogens with zero attached hydrogens (tertiary/aromatic N) is 1. The van der Waals surface area contributed by atoms with Crippen LogP contribution in [0.3, 0.4) is 0 Å². The van der Waals surface area contributed by atoms with Crippen LogP contribution in [0.25, 0.3) is 6.08 Å². The minimum atomic E-state index is -0.475. The van der Waals surface area contributed by atoms with Crippen LogP contribution in [0.1, 0.15) is 28.4 Å². The zero-order chi connectivity index (χ0) is 25.7. The molecule has 0 unspecified atom stereocenters. The SMILES string of the molecule is CCOc1cc(/C=C2\SC(=NC(=O)c3ccc(Cl)cc3)NC2=O)cc(Br)c1OCc1ccccc1Cl. The van der Waals surface area contributed by atoms with Gasteiger partial charge in [-0.2, -0.15) is 4.99 Å². The molecule has 4 rings (SSSR count). The van der Waals surface area contributed by atoms with E-state index in [-0.39, 0.29) is 17.7 Å². The molecule has 1 aliphatic heterocycles. The minimum absolute atomic E-state index is 0.204. The predicted molar refractivity (Wildman–Crippen MR) is 148 cm³/mol. The van der Waals surface area contributed by atoms with Crippen LogP contribution in [0.4, 0.5) is 0 Å². The Morgan fingerprint density at radius 1 is 1.11 bits per heavy atom. The van der Waals surface area contributed by atoms with Gasteiger partial charge in [-0.25, -0.2) is 0 Å². The number of hydrogen-bond donors (Lipinski definition) is 1. The maximum Gasteiger partial charge on any atom is 0.279 e. The largest absolute Gasteiger partial charge is 0.490 e. The molecule has 0 bridgehead atoms. The molecule has 3 aromatic rings. The maximum absolute atomic E-state index is 12.5. The summed E-state index contributed by atoms with van der Waals surface area (Å²) in [6, 6.07) is 17.4. The normalized spacial score (nSPS) is 15.3. The van der Waals surface area contributed by atoms with Crippen molar-refractivity contribution in [1.82, 2.24) is 5.32 Å². The van der Waals surface area contributed by atoms with E-state index in [1.165, 1.54) is 0 Å². The molecule has 0 radical (unpaired) electrons. The first kappa shape index (κ1) is 26.3. The Labute approximate surface area is 230 Å². The Kier molecular flexibility index (Phi) is 8.74. The fraction of sp³-hybridized carbons (Fsp3) is 0.115. The number of aliphatic imine (C=N–C) groups is 1. The summed E-state index contributed by atoms with van der Waals surface area (Å²) in [6.07, 6.45) is 1.69. The summed E-state index contributed by atoms with van der Waals surface area (Å²) in [5.41, 5.74) is 1.92. The highest BCUT2D eigenvalue weighted by molar-refractivity contribution is 9.10. The molecule has 0 saturated carbocycles. The molecule has 1 fully saturated rings. The van der Waals surface area contributed by atoms with Gasteiger partial charge in [0.05, 0.1) is 16.0 Å². The lowest BCUT2D eigenvalue weighted by molar-refractivity contribution is -0.115. The molecular formula is C26H19BrCl2N2O4S. The van der Waals surface area contributed by atoms with E-state index in [1.54, 1.807) is 42.5 Å². The number of benzene rings is 3. The first-order valence-electron chi connectivity index (χ1n) is 10.8. The summed E-state index contributed by atoms with van der Waals surface area (Å²) in [5, 5.41) is 3.96. The number of amidine groups is 1. The fourth-order valence-electron chi connectivity index (χ4n) is 3.22. The topological polar surface area (TPSA) is 77.0 Å². The number of carbonyl (C=O) groups is 2. The van der Waals surface area contributed by atoms with Crippen molar-refractivity contribution in [3.8, 4) is 11.5 Å². The quantitative estimate of drug-likeness (QED) is 0.290. The number of halogens is 3. The first-order valence-corrected chi connectivity index (χ1v) is 13.1. The summed E-state index contributed by atoms with van der Waals surface area (Å²) < 4.78 is 12.5. The van der Waals surface area contributed by atoms with Crippen LogP contribution in [-0.4, -0.2) is 23.6 Å². The van der Waals surface area contributed by atoms with Crippen molar-refractivity contribution < 1.29 is 19.1 Å². The van der Waals surface area contributed by atoms with E-state index in [1.807, 2.05) is 31.2 Å². The summed E-state index contributed by atoms with van der Waals surface area (Å²) in [5.74, 6) is 0.215. The van der Waals surface area contributed by atoms with E-state index in [0.717, 1.165) is 17.3 Å². The van der Waals surface area contributed by atoms with E-state index < -0.39 is 5.91 Å². The second kappa shape index (κ2) is 12.0. The van der Waals surface area contributed by atoms with Crippen LogP contribution < -0.4 is 14.8 Å². The van der Waals surface area contributed by atoms with E-state index in [9.17, 15) is 9.59 Å². The van der Waals surface area contributed by atoms with Gasteiger partial charge in [0.25, 0.3) is 11.8 Å². The lowest BCUT2D eigenvalue weighted by Gasteiger charge is -2.15. The van der Waals surface area contributed by atoms with Crippen molar-refractivity contribution in [2.24, 2.45) is 4.99 Å². The number of thioether (sulfide) groups is 1. The molecule has 1 N–H and O–H groups in total. The second-order valence-electron chi connectivity index (χ2n) is 7.44. The molecule has 0 aliphatic carbocycles. The zero-order valence-corrected chi connectivity index (χ0v) is 22.8. The van der Waals surface area contributed by atoms with Gasteiger partial charge in [-0.05, 0) is 88.7 Å².